The van der Waals surface area contributed by atoms with Crippen LogP contribution in [-0.4, -0.2) is 24.7 Å². The minimum atomic E-state index is -4.41. The van der Waals surface area contributed by atoms with Crippen LogP contribution in [0.5, 0.6) is 0 Å². The Bertz CT molecular complexity index is 490. The summed E-state index contributed by atoms with van der Waals surface area (Å²) in [5.41, 5.74) is -0.407. The molecule has 3 nitrogen and oxygen atoms in total. The van der Waals surface area contributed by atoms with Crippen LogP contribution in [-0.2, 0) is 17.5 Å². The van der Waals surface area contributed by atoms with E-state index in [1.165, 1.54) is 12.1 Å². The van der Waals surface area contributed by atoms with Crippen molar-refractivity contribution in [2.75, 3.05) is 6.54 Å². The second kappa shape index (κ2) is 5.78. The van der Waals surface area contributed by atoms with Gasteiger partial charge in [0.05, 0.1) is 11.6 Å². The maximum Gasteiger partial charge on any atom is 0.416 e. The van der Waals surface area contributed by atoms with Gasteiger partial charge in [-0.3, -0.25) is 4.79 Å². The Kier molecular flexibility index (Phi) is 4.27. The van der Waals surface area contributed by atoms with Crippen molar-refractivity contribution in [1.82, 2.24) is 10.6 Å². The molecule has 0 saturated carbocycles. The lowest BCUT2D eigenvalue weighted by Crippen LogP contribution is -2.40. The molecule has 0 aliphatic carbocycles. The third kappa shape index (κ3) is 3.69. The number of benzene rings is 1. The first kappa shape index (κ1) is 14.8. The molecule has 1 heterocycles. The summed E-state index contributed by atoms with van der Waals surface area (Å²) in [6.45, 7) is 0.111. The van der Waals surface area contributed by atoms with Gasteiger partial charge in [0.1, 0.15) is 6.17 Å². The molecule has 1 aromatic carbocycles. The number of nitrogens with one attached hydrogen (secondary N) is 2. The van der Waals surface area contributed by atoms with Crippen molar-refractivity contribution in [2.45, 2.75) is 31.4 Å². The van der Waals surface area contributed by atoms with Crippen molar-refractivity contribution >= 4 is 5.91 Å². The molecule has 0 spiro atoms. The average molecular weight is 290 g/mol. The molecule has 1 aromatic rings. The number of amides is 1. The molecule has 2 rings (SSSR count). The summed E-state index contributed by atoms with van der Waals surface area (Å²) in [5, 5.41) is 5.22. The summed E-state index contributed by atoms with van der Waals surface area (Å²) < 4.78 is 50.5. The van der Waals surface area contributed by atoms with E-state index in [0.717, 1.165) is 12.1 Å². The van der Waals surface area contributed by atoms with E-state index in [-0.39, 0.29) is 19.5 Å². The Morgan fingerprint density at radius 1 is 1.40 bits per heavy atom. The first-order valence-corrected chi connectivity index (χ1v) is 6.17. The summed E-state index contributed by atoms with van der Waals surface area (Å²) >= 11 is 0. The third-order valence-electron chi connectivity index (χ3n) is 3.11. The minimum absolute atomic E-state index is 0.0160. The van der Waals surface area contributed by atoms with Gasteiger partial charge in [-0.2, -0.15) is 13.2 Å². The van der Waals surface area contributed by atoms with Crippen molar-refractivity contribution in [2.24, 2.45) is 0 Å². The van der Waals surface area contributed by atoms with E-state index in [1.807, 2.05) is 0 Å². The number of hydrogen-bond acceptors (Lipinski definition) is 2. The van der Waals surface area contributed by atoms with Crippen molar-refractivity contribution in [3.05, 3.63) is 35.4 Å². The van der Waals surface area contributed by atoms with Crippen LogP contribution >= 0.6 is 0 Å². The highest BCUT2D eigenvalue weighted by Gasteiger charge is 2.31. The monoisotopic (exact) mass is 290 g/mol. The second-order valence-corrected chi connectivity index (χ2v) is 4.71. The highest BCUT2D eigenvalue weighted by molar-refractivity contribution is 5.82. The number of alkyl halides is 4. The van der Waals surface area contributed by atoms with E-state index >= 15 is 0 Å². The summed E-state index contributed by atoms with van der Waals surface area (Å²) in [5.74, 6) is -0.400. The Labute approximate surface area is 113 Å². The van der Waals surface area contributed by atoms with Gasteiger partial charge in [0, 0.05) is 19.5 Å². The predicted molar refractivity (Wildman–Crippen MR) is 64.6 cm³/mol. The van der Waals surface area contributed by atoms with Crippen LogP contribution in [0.1, 0.15) is 17.5 Å². The number of halogens is 4. The van der Waals surface area contributed by atoms with Gasteiger partial charge in [-0.05, 0) is 17.7 Å². The van der Waals surface area contributed by atoms with Gasteiger partial charge in [-0.1, -0.05) is 12.1 Å². The fraction of sp³-hybridized carbons (Fsp3) is 0.462. The van der Waals surface area contributed by atoms with Gasteiger partial charge < -0.3 is 10.6 Å². The van der Waals surface area contributed by atoms with E-state index in [0.29, 0.717) is 5.56 Å². The van der Waals surface area contributed by atoms with E-state index in [2.05, 4.69) is 10.6 Å². The van der Waals surface area contributed by atoms with Crippen LogP contribution in [0.4, 0.5) is 17.6 Å². The predicted octanol–water partition coefficient (Wildman–Crippen LogP) is 2.02. The van der Waals surface area contributed by atoms with Crippen molar-refractivity contribution in [1.29, 1.82) is 0 Å². The Morgan fingerprint density at radius 2 is 2.15 bits per heavy atom. The number of rotatable bonds is 3. The summed E-state index contributed by atoms with van der Waals surface area (Å²) in [6, 6.07) is 4.12. The van der Waals surface area contributed by atoms with Crippen LogP contribution in [0.2, 0.25) is 0 Å². The van der Waals surface area contributed by atoms with Gasteiger partial charge in [0.2, 0.25) is 5.91 Å². The topological polar surface area (TPSA) is 41.1 Å². The molecule has 1 saturated heterocycles. The van der Waals surface area contributed by atoms with E-state index in [9.17, 15) is 22.4 Å². The summed E-state index contributed by atoms with van der Waals surface area (Å²) in [7, 11) is 0. The number of hydrogen-bond donors (Lipinski definition) is 2. The molecule has 1 amide bonds. The molecule has 7 heteroatoms. The maximum atomic E-state index is 12.9. The first-order valence-electron chi connectivity index (χ1n) is 6.17. The summed E-state index contributed by atoms with van der Waals surface area (Å²) in [4.78, 5) is 11.7. The van der Waals surface area contributed by atoms with E-state index < -0.39 is 29.9 Å². The van der Waals surface area contributed by atoms with E-state index in [4.69, 9.17) is 0 Å². The largest absolute Gasteiger partial charge is 0.416 e. The van der Waals surface area contributed by atoms with Gasteiger partial charge in [-0.25, -0.2) is 4.39 Å². The molecule has 0 aromatic heterocycles. The van der Waals surface area contributed by atoms with E-state index in [1.54, 1.807) is 0 Å². The Hall–Kier alpha value is -1.63. The second-order valence-electron chi connectivity index (χ2n) is 4.71. The van der Waals surface area contributed by atoms with Crippen LogP contribution in [0, 0.1) is 0 Å². The lowest BCUT2D eigenvalue weighted by Gasteiger charge is -2.12. The van der Waals surface area contributed by atoms with Crippen LogP contribution < -0.4 is 10.6 Å². The zero-order valence-corrected chi connectivity index (χ0v) is 10.5. The van der Waals surface area contributed by atoms with Gasteiger partial charge in [0.15, 0.2) is 0 Å². The molecule has 2 atom stereocenters. The Balaban J connectivity index is 1.92. The smallest absolute Gasteiger partial charge is 0.351 e. The fourth-order valence-corrected chi connectivity index (χ4v) is 2.06. The fourth-order valence-electron chi connectivity index (χ4n) is 2.06. The molecule has 1 fully saturated rings. The molecular weight excluding hydrogens is 276 g/mol. The molecular formula is C13H14F4N2O. The highest BCUT2D eigenvalue weighted by atomic mass is 19.4. The normalized spacial score (nSPS) is 22.8. The van der Waals surface area contributed by atoms with Crippen LogP contribution in [0.15, 0.2) is 24.3 Å². The minimum Gasteiger partial charge on any atom is -0.351 e. The molecule has 0 unspecified atom stereocenters. The Morgan fingerprint density at radius 3 is 2.75 bits per heavy atom. The van der Waals surface area contributed by atoms with Gasteiger partial charge in [0.25, 0.3) is 0 Å². The van der Waals surface area contributed by atoms with Crippen LogP contribution in [0.3, 0.4) is 0 Å². The number of carbonyl (C=O) groups is 1. The molecule has 2 N–H and O–H groups in total. The average Bonchev–Trinajstić information content (AvgIpc) is 2.82. The molecule has 0 bridgehead atoms. The third-order valence-corrected chi connectivity index (χ3v) is 3.11. The molecule has 0 radical (unpaired) electrons. The molecule has 1 aliphatic rings. The lowest BCUT2D eigenvalue weighted by molar-refractivity contribution is -0.137. The maximum absolute atomic E-state index is 12.9. The first-order chi connectivity index (χ1) is 9.36. The van der Waals surface area contributed by atoms with Crippen molar-refractivity contribution in [3.8, 4) is 0 Å². The molecule has 20 heavy (non-hydrogen) atoms. The van der Waals surface area contributed by atoms with Gasteiger partial charge >= 0.3 is 6.18 Å². The van der Waals surface area contributed by atoms with Crippen molar-refractivity contribution in [3.63, 3.8) is 0 Å². The SMILES string of the molecule is O=C(NCc1cccc(C(F)(F)F)c1)[C@@H]1C[C@H](F)CN1. The molecule has 110 valence electrons. The van der Waals surface area contributed by atoms with Crippen molar-refractivity contribution < 1.29 is 22.4 Å². The zero-order valence-electron chi connectivity index (χ0n) is 10.5. The zero-order chi connectivity index (χ0) is 14.8. The summed E-state index contributed by atoms with van der Waals surface area (Å²) in [6.07, 6.45) is -5.37. The lowest BCUT2D eigenvalue weighted by atomic mass is 10.1. The highest BCUT2D eigenvalue weighted by Crippen LogP contribution is 2.29. The standard InChI is InChI=1S/C13H14F4N2O/c14-10-5-11(18-7-10)12(20)19-6-8-2-1-3-9(4-8)13(15,16)17/h1-4,10-11,18H,5-7H2,(H,19,20)/t10-,11-/m0/s1. The molecule has 1 aliphatic heterocycles. The van der Waals surface area contributed by atoms with Gasteiger partial charge in [-0.15, -0.1) is 0 Å². The quantitative estimate of drug-likeness (QED) is 0.836. The number of carbonyl (C=O) groups excluding carboxylic acids is 1. The van der Waals surface area contributed by atoms with Crippen LogP contribution in [0.25, 0.3) is 0 Å².